The molecule has 35 heavy (non-hydrogen) atoms. The van der Waals surface area contributed by atoms with E-state index >= 15 is 0 Å². The van der Waals surface area contributed by atoms with Gasteiger partial charge in [0, 0.05) is 24.8 Å². The summed E-state index contributed by atoms with van der Waals surface area (Å²) >= 11 is 6.04. The Morgan fingerprint density at radius 2 is 1.89 bits per heavy atom. The molecule has 0 aliphatic carbocycles. The molecule has 3 aromatic rings. The highest BCUT2D eigenvalue weighted by Gasteiger charge is 2.36. The van der Waals surface area contributed by atoms with Gasteiger partial charge in [0.05, 0.1) is 28.4 Å². The van der Waals surface area contributed by atoms with Crippen molar-refractivity contribution in [3.05, 3.63) is 76.6 Å². The molecule has 0 saturated carbocycles. The molecule has 1 amide bonds. The number of likely N-dealkylation sites (tertiary alicyclic amines) is 1. The Bertz CT molecular complexity index is 1180. The van der Waals surface area contributed by atoms with Crippen LogP contribution in [0.25, 0.3) is 11.1 Å². The van der Waals surface area contributed by atoms with Gasteiger partial charge in [-0.25, -0.2) is 0 Å². The third-order valence-electron chi connectivity index (χ3n) is 6.33. The maximum absolute atomic E-state index is 13.3. The fourth-order valence-corrected chi connectivity index (χ4v) is 4.87. The fraction of sp³-hybridized carbons (Fsp3) is 0.360. The van der Waals surface area contributed by atoms with Gasteiger partial charge in [-0.1, -0.05) is 42.3 Å². The van der Waals surface area contributed by atoms with E-state index in [4.69, 9.17) is 11.6 Å². The fourth-order valence-electron chi connectivity index (χ4n) is 4.55. The first-order valence-corrected chi connectivity index (χ1v) is 11.5. The maximum atomic E-state index is 13.3. The molecule has 2 heterocycles. The Balaban J connectivity index is 0.00000342. The molecule has 0 spiro atoms. The molecule has 1 aliphatic heterocycles. The van der Waals surface area contributed by atoms with E-state index < -0.39 is 28.7 Å². The Hall–Kier alpha value is -2.55. The number of hydrogen-bond acceptors (Lipinski definition) is 3. The number of likely N-dealkylation sites (N-methyl/N-ethyl adjacent to an activating group) is 1. The Kier molecular flexibility index (Phi) is 8.51. The molecule has 2 atom stereocenters. The van der Waals surface area contributed by atoms with Crippen molar-refractivity contribution in [1.29, 1.82) is 0 Å². The van der Waals surface area contributed by atoms with Crippen molar-refractivity contribution < 1.29 is 18.0 Å². The predicted octanol–water partition coefficient (Wildman–Crippen LogP) is 6.14. The summed E-state index contributed by atoms with van der Waals surface area (Å²) in [5, 5.41) is 6.64. The second kappa shape index (κ2) is 11.0. The van der Waals surface area contributed by atoms with E-state index in [9.17, 15) is 18.0 Å². The van der Waals surface area contributed by atoms with Crippen LogP contribution in [0, 0.1) is 0 Å². The van der Waals surface area contributed by atoms with Crippen LogP contribution in [0.2, 0.25) is 5.02 Å². The summed E-state index contributed by atoms with van der Waals surface area (Å²) < 4.78 is 41.7. The molecule has 1 saturated heterocycles. The van der Waals surface area contributed by atoms with E-state index in [1.807, 2.05) is 44.6 Å². The highest BCUT2D eigenvalue weighted by molar-refractivity contribution is 6.34. The number of carbonyl (C=O) groups excluding carboxylic acids is 1. The number of benzene rings is 2. The van der Waals surface area contributed by atoms with E-state index in [1.165, 1.54) is 12.1 Å². The molecule has 2 aromatic carbocycles. The normalized spacial score (nSPS) is 17.5. The van der Waals surface area contributed by atoms with Crippen LogP contribution in [0.4, 0.5) is 13.2 Å². The lowest BCUT2D eigenvalue weighted by Gasteiger charge is -2.38. The number of nitrogens with one attached hydrogen (secondary N) is 1. The zero-order valence-electron chi connectivity index (χ0n) is 19.3. The van der Waals surface area contributed by atoms with Crippen molar-refractivity contribution in [2.75, 3.05) is 13.6 Å². The summed E-state index contributed by atoms with van der Waals surface area (Å²) in [7, 11) is 3.84. The van der Waals surface area contributed by atoms with Crippen molar-refractivity contribution >= 4 is 29.9 Å². The summed E-state index contributed by atoms with van der Waals surface area (Å²) in [5.74, 6) is -0.633. The molecular formula is C25H27Cl2F3N4O. The summed E-state index contributed by atoms with van der Waals surface area (Å²) in [4.78, 5) is 15.4. The molecule has 1 unspecified atom stereocenters. The second-order valence-corrected chi connectivity index (χ2v) is 9.07. The number of aromatic nitrogens is 2. The van der Waals surface area contributed by atoms with Gasteiger partial charge >= 0.3 is 6.18 Å². The molecule has 1 N–H and O–H groups in total. The summed E-state index contributed by atoms with van der Waals surface area (Å²) in [6, 6.07) is 10.8. The minimum absolute atomic E-state index is 0. The van der Waals surface area contributed by atoms with Crippen molar-refractivity contribution in [3.63, 3.8) is 0 Å². The lowest BCUT2D eigenvalue weighted by molar-refractivity contribution is -0.137. The number of halogens is 5. The minimum Gasteiger partial charge on any atom is -0.344 e. The zero-order chi connectivity index (χ0) is 24.5. The first-order chi connectivity index (χ1) is 16.1. The summed E-state index contributed by atoms with van der Waals surface area (Å²) in [6.45, 7) is 0.879. The van der Waals surface area contributed by atoms with E-state index in [0.717, 1.165) is 48.6 Å². The van der Waals surface area contributed by atoms with Gasteiger partial charge in [0.15, 0.2) is 0 Å². The van der Waals surface area contributed by atoms with Crippen LogP contribution in [0.3, 0.4) is 0 Å². The average molecular weight is 527 g/mol. The second-order valence-electron chi connectivity index (χ2n) is 8.69. The average Bonchev–Trinajstić information content (AvgIpc) is 3.24. The van der Waals surface area contributed by atoms with E-state index in [1.54, 1.807) is 10.9 Å². The third-order valence-corrected chi connectivity index (χ3v) is 6.74. The van der Waals surface area contributed by atoms with Crippen molar-refractivity contribution in [2.45, 2.75) is 37.5 Å². The van der Waals surface area contributed by atoms with Gasteiger partial charge in [0.25, 0.3) is 5.91 Å². The van der Waals surface area contributed by atoms with Gasteiger partial charge in [-0.3, -0.25) is 9.48 Å². The Morgan fingerprint density at radius 1 is 1.14 bits per heavy atom. The van der Waals surface area contributed by atoms with Crippen molar-refractivity contribution in [2.24, 2.45) is 7.05 Å². The molecule has 0 radical (unpaired) electrons. The molecule has 1 aromatic heterocycles. The highest BCUT2D eigenvalue weighted by Crippen LogP contribution is 2.37. The largest absolute Gasteiger partial charge is 0.417 e. The Morgan fingerprint density at radius 3 is 2.54 bits per heavy atom. The van der Waals surface area contributed by atoms with Crippen molar-refractivity contribution in [3.8, 4) is 11.1 Å². The number of alkyl halides is 3. The molecular weight excluding hydrogens is 500 g/mol. The van der Waals surface area contributed by atoms with Gasteiger partial charge in [0.2, 0.25) is 0 Å². The van der Waals surface area contributed by atoms with Gasteiger partial charge in [-0.2, -0.15) is 18.3 Å². The van der Waals surface area contributed by atoms with Gasteiger partial charge in [-0.05, 0) is 55.8 Å². The van der Waals surface area contributed by atoms with E-state index in [2.05, 4.69) is 15.3 Å². The number of rotatable bonds is 5. The number of amides is 1. The zero-order valence-corrected chi connectivity index (χ0v) is 20.9. The quantitative estimate of drug-likeness (QED) is 0.434. The molecule has 5 nitrogen and oxygen atoms in total. The van der Waals surface area contributed by atoms with E-state index in [0.29, 0.717) is 0 Å². The van der Waals surface area contributed by atoms with Gasteiger partial charge in [-0.15, -0.1) is 12.4 Å². The highest BCUT2D eigenvalue weighted by atomic mass is 35.5. The molecule has 1 fully saturated rings. The van der Waals surface area contributed by atoms with Crippen LogP contribution in [-0.4, -0.2) is 40.2 Å². The number of hydrogen-bond donors (Lipinski definition) is 1. The number of piperidine rings is 1. The van der Waals surface area contributed by atoms with E-state index in [-0.39, 0.29) is 24.0 Å². The molecule has 10 heteroatoms. The number of aryl methyl sites for hydroxylation is 1. The van der Waals surface area contributed by atoms with Crippen molar-refractivity contribution in [1.82, 2.24) is 20.0 Å². The van der Waals surface area contributed by atoms with Crippen LogP contribution in [0.5, 0.6) is 0 Å². The molecule has 4 rings (SSSR count). The minimum atomic E-state index is -4.64. The van der Waals surface area contributed by atoms with Crippen LogP contribution < -0.4 is 5.32 Å². The standard InChI is InChI=1S/C25H26ClF3N4O.ClH/c1-32-12-4-3-11-21(32)23(17-8-5-7-16(13-17)18-14-30-33(2)15-18)31-24(34)19-9-6-10-20(22(19)26)25(27,28)29;/h5-10,13-15,21,23H,3-4,11-12H2,1-2H3,(H,31,34);1H/t21-,23?;/m0./s1. The molecule has 188 valence electrons. The first kappa shape index (κ1) is 27.0. The predicted molar refractivity (Wildman–Crippen MR) is 133 cm³/mol. The summed E-state index contributed by atoms with van der Waals surface area (Å²) in [6.07, 6.45) is 1.95. The Labute approximate surface area is 213 Å². The summed E-state index contributed by atoms with van der Waals surface area (Å²) in [5.41, 5.74) is 1.54. The van der Waals surface area contributed by atoms with Crippen LogP contribution in [0.1, 0.15) is 46.8 Å². The SMILES string of the molecule is CN1CCCC[C@H]1C(NC(=O)c1cccc(C(F)(F)F)c1Cl)c1cccc(-c2cnn(C)c2)c1.Cl. The van der Waals surface area contributed by atoms with Gasteiger partial charge < -0.3 is 10.2 Å². The van der Waals surface area contributed by atoms with Crippen LogP contribution >= 0.6 is 24.0 Å². The topological polar surface area (TPSA) is 50.2 Å². The first-order valence-electron chi connectivity index (χ1n) is 11.1. The lowest BCUT2D eigenvalue weighted by Crippen LogP contribution is -2.47. The lowest BCUT2D eigenvalue weighted by atomic mass is 9.89. The third kappa shape index (κ3) is 6.00. The molecule has 1 aliphatic rings. The van der Waals surface area contributed by atoms with Crippen LogP contribution in [0.15, 0.2) is 54.9 Å². The van der Waals surface area contributed by atoms with Gasteiger partial charge in [0.1, 0.15) is 0 Å². The van der Waals surface area contributed by atoms with Crippen LogP contribution in [-0.2, 0) is 13.2 Å². The number of nitrogens with zero attached hydrogens (tertiary/aromatic N) is 3. The maximum Gasteiger partial charge on any atom is 0.417 e. The molecule has 0 bridgehead atoms. The monoisotopic (exact) mass is 526 g/mol. The smallest absolute Gasteiger partial charge is 0.344 e. The number of carbonyl (C=O) groups is 1.